The molecule has 3 atom stereocenters. The molecule has 3 amide bonds. The Morgan fingerprint density at radius 2 is 1.49 bits per heavy atom. The number of anilines is 1. The molecule has 0 saturated carbocycles. The largest absolute Gasteiger partial charge is 0.453 e. The molecule has 1 unspecified atom stereocenters. The van der Waals surface area contributed by atoms with E-state index in [0.29, 0.717) is 37.2 Å². The van der Waals surface area contributed by atoms with E-state index < -0.39 is 30.0 Å². The van der Waals surface area contributed by atoms with Crippen molar-refractivity contribution in [3.63, 3.8) is 0 Å². The number of nitrogens with one attached hydrogen (secondary N) is 4. The number of carbonyl (C=O) groups excluding carboxylic acids is 3. The highest BCUT2D eigenvalue weighted by atomic mass is 19.1. The second-order valence-corrected chi connectivity index (χ2v) is 11.7. The Bertz CT molecular complexity index is 1670. The molecule has 1 aliphatic heterocycles. The van der Waals surface area contributed by atoms with Crippen LogP contribution in [-0.4, -0.2) is 57.5 Å². The van der Waals surface area contributed by atoms with Crippen LogP contribution in [0.4, 0.5) is 19.7 Å². The molecule has 0 spiro atoms. The summed E-state index contributed by atoms with van der Waals surface area (Å²) in [5.74, 6) is -1.31. The molecule has 10 nitrogen and oxygen atoms in total. The molecule has 0 aliphatic carbocycles. The van der Waals surface area contributed by atoms with Gasteiger partial charge in [0.2, 0.25) is 5.91 Å². The molecule has 1 heterocycles. The third-order valence-electron chi connectivity index (χ3n) is 8.51. The molecule has 11 heteroatoms. The van der Waals surface area contributed by atoms with Gasteiger partial charge in [-0.15, -0.1) is 0 Å². The number of halogens is 1. The van der Waals surface area contributed by atoms with Gasteiger partial charge in [0.15, 0.2) is 0 Å². The minimum Gasteiger partial charge on any atom is -0.453 e. The summed E-state index contributed by atoms with van der Waals surface area (Å²) in [6.07, 6.45) is -0.574. The molecule has 0 radical (unpaired) electrons. The van der Waals surface area contributed by atoms with Crippen molar-refractivity contribution in [3.05, 3.63) is 137 Å². The molecule has 256 valence electrons. The van der Waals surface area contributed by atoms with E-state index in [2.05, 4.69) is 26.0 Å². The highest BCUT2D eigenvalue weighted by Gasteiger charge is 2.33. The van der Waals surface area contributed by atoms with Crippen LogP contribution >= 0.6 is 0 Å². The molecule has 0 bridgehead atoms. The van der Waals surface area contributed by atoms with Gasteiger partial charge in [0, 0.05) is 36.8 Å². The van der Waals surface area contributed by atoms with Crippen molar-refractivity contribution in [2.24, 2.45) is 0 Å². The fraction of sp³-hybridized carbons (Fsp3) is 0.289. The van der Waals surface area contributed by atoms with Gasteiger partial charge in [0.25, 0.3) is 0 Å². The number of rotatable bonds is 12. The first-order valence-corrected chi connectivity index (χ1v) is 16.2. The first kappa shape index (κ1) is 35.1. The Kier molecular flexibility index (Phi) is 12.3. The lowest BCUT2D eigenvalue weighted by Crippen LogP contribution is -2.48. The number of amides is 3. The number of alkyl carbamates (subject to hydrolysis) is 2. The number of aryl methyl sites for hydroxylation is 1. The Morgan fingerprint density at radius 1 is 0.837 bits per heavy atom. The number of carbonyl (C=O) groups is 3. The number of methoxy groups -OCH3 is 2. The Morgan fingerprint density at radius 3 is 2.16 bits per heavy atom. The zero-order valence-electron chi connectivity index (χ0n) is 27.5. The van der Waals surface area contributed by atoms with Crippen LogP contribution in [0.3, 0.4) is 0 Å². The topological polar surface area (TPSA) is 127 Å². The summed E-state index contributed by atoms with van der Waals surface area (Å²) in [4.78, 5) is 38.1. The predicted octanol–water partition coefficient (Wildman–Crippen LogP) is 5.84. The van der Waals surface area contributed by atoms with Crippen molar-refractivity contribution in [3.8, 4) is 0 Å². The highest BCUT2D eigenvalue weighted by molar-refractivity contribution is 5.98. The number of para-hydroxylation sites is 1. The van der Waals surface area contributed by atoms with Crippen LogP contribution in [0.5, 0.6) is 0 Å². The van der Waals surface area contributed by atoms with Crippen molar-refractivity contribution >= 4 is 23.8 Å². The van der Waals surface area contributed by atoms with Crippen LogP contribution in [0.25, 0.3) is 0 Å². The third kappa shape index (κ3) is 9.43. The molecular weight excluding hydrogens is 627 g/mol. The summed E-state index contributed by atoms with van der Waals surface area (Å²) in [7, 11) is 2.52. The van der Waals surface area contributed by atoms with Gasteiger partial charge in [0.1, 0.15) is 11.9 Å². The second kappa shape index (κ2) is 17.2. The Labute approximate surface area is 285 Å². The quantitative estimate of drug-likeness (QED) is 0.149. The lowest BCUT2D eigenvalue weighted by atomic mass is 9.84. The molecule has 1 saturated heterocycles. The zero-order valence-corrected chi connectivity index (χ0v) is 27.5. The standard InChI is InChI=1S/C38H41FN4O6/c1-47-37(45)41-22-29-21-28(18-20-31(29)39)33-24-40-23-30(49-33)19-17-25-11-9-10-16-32(25)42-36(44)35(43-38(46)48-2)34(26-12-5-3-6-13-26)27-14-7-4-8-15-27/h3-16,18,20-21,30,33-35,40H,17,19,22-24H2,1-2H3,(H,41,45)(H,42,44)(H,43,46)/t30-,33?,35+/m1/s1. The third-order valence-corrected chi connectivity index (χ3v) is 8.51. The van der Waals surface area contributed by atoms with Gasteiger partial charge >= 0.3 is 12.2 Å². The normalized spacial score (nSPS) is 16.3. The van der Waals surface area contributed by atoms with Crippen LogP contribution < -0.4 is 21.3 Å². The molecular formula is C38H41FN4O6. The van der Waals surface area contributed by atoms with E-state index >= 15 is 0 Å². The van der Waals surface area contributed by atoms with E-state index in [1.807, 2.05) is 84.9 Å². The summed E-state index contributed by atoms with van der Waals surface area (Å²) in [5.41, 5.74) is 4.40. The fourth-order valence-electron chi connectivity index (χ4n) is 6.01. The van der Waals surface area contributed by atoms with E-state index in [-0.39, 0.29) is 24.7 Å². The van der Waals surface area contributed by atoms with E-state index in [9.17, 15) is 18.8 Å². The molecule has 4 aromatic rings. The summed E-state index contributed by atoms with van der Waals surface area (Å²) >= 11 is 0. The van der Waals surface area contributed by atoms with E-state index in [1.165, 1.54) is 20.3 Å². The van der Waals surface area contributed by atoms with Crippen LogP contribution in [0.2, 0.25) is 0 Å². The van der Waals surface area contributed by atoms with Crippen LogP contribution in [0.15, 0.2) is 103 Å². The Balaban J connectivity index is 1.29. The van der Waals surface area contributed by atoms with E-state index in [4.69, 9.17) is 9.47 Å². The molecule has 4 N–H and O–H groups in total. The monoisotopic (exact) mass is 668 g/mol. The smallest absolute Gasteiger partial charge is 0.407 e. The van der Waals surface area contributed by atoms with Crippen LogP contribution in [0, 0.1) is 5.82 Å². The molecule has 5 rings (SSSR count). The maximum absolute atomic E-state index is 14.4. The maximum atomic E-state index is 14.4. The highest BCUT2D eigenvalue weighted by Crippen LogP contribution is 2.30. The minimum atomic E-state index is -0.986. The zero-order chi connectivity index (χ0) is 34.6. The van der Waals surface area contributed by atoms with Gasteiger partial charge < -0.3 is 35.5 Å². The number of ether oxygens (including phenoxy) is 3. The first-order chi connectivity index (χ1) is 23.9. The average Bonchev–Trinajstić information content (AvgIpc) is 3.14. The van der Waals surface area contributed by atoms with Gasteiger partial charge in [-0.25, -0.2) is 14.0 Å². The maximum Gasteiger partial charge on any atom is 0.407 e. The molecule has 4 aromatic carbocycles. The van der Waals surface area contributed by atoms with Crippen molar-refractivity contribution in [1.29, 1.82) is 0 Å². The molecule has 1 fully saturated rings. The van der Waals surface area contributed by atoms with Gasteiger partial charge in [-0.2, -0.15) is 0 Å². The predicted molar refractivity (Wildman–Crippen MR) is 184 cm³/mol. The summed E-state index contributed by atoms with van der Waals surface area (Å²) in [6.45, 7) is 1.17. The fourth-order valence-corrected chi connectivity index (χ4v) is 6.01. The van der Waals surface area contributed by atoms with E-state index in [1.54, 1.807) is 12.1 Å². The van der Waals surface area contributed by atoms with Gasteiger partial charge in [-0.05, 0) is 53.3 Å². The van der Waals surface area contributed by atoms with Crippen LogP contribution in [-0.2, 0) is 32.0 Å². The SMILES string of the molecule is COC(=O)NCc1cc(C2CNC[C@@H](CCc3ccccc3NC(=O)[C@@H](NC(=O)OC)C(c3ccccc3)c3ccccc3)O2)ccc1F. The van der Waals surface area contributed by atoms with Crippen molar-refractivity contribution < 1.29 is 33.0 Å². The van der Waals surface area contributed by atoms with Gasteiger partial charge in [-0.3, -0.25) is 4.79 Å². The van der Waals surface area contributed by atoms with E-state index in [0.717, 1.165) is 22.3 Å². The molecule has 49 heavy (non-hydrogen) atoms. The lowest BCUT2D eigenvalue weighted by Gasteiger charge is -2.32. The first-order valence-electron chi connectivity index (χ1n) is 16.2. The number of benzene rings is 4. The lowest BCUT2D eigenvalue weighted by molar-refractivity contribution is -0.118. The number of hydrogen-bond acceptors (Lipinski definition) is 7. The second-order valence-electron chi connectivity index (χ2n) is 11.7. The molecule has 0 aromatic heterocycles. The number of hydrogen-bond donors (Lipinski definition) is 4. The summed E-state index contributed by atoms with van der Waals surface area (Å²) < 4.78 is 30.4. The number of morpholine rings is 1. The van der Waals surface area contributed by atoms with Gasteiger partial charge in [0.05, 0.1) is 26.4 Å². The van der Waals surface area contributed by atoms with Gasteiger partial charge in [-0.1, -0.05) is 84.9 Å². The minimum absolute atomic E-state index is 0.00806. The van der Waals surface area contributed by atoms with Crippen LogP contribution in [0.1, 0.15) is 46.3 Å². The molecule has 1 aliphatic rings. The Hall–Kier alpha value is -5.26. The summed E-state index contributed by atoms with van der Waals surface area (Å²) in [5, 5.41) is 11.8. The summed E-state index contributed by atoms with van der Waals surface area (Å²) in [6, 6.07) is 30.5. The van der Waals surface area contributed by atoms with Crippen molar-refractivity contribution in [2.45, 2.75) is 43.6 Å². The van der Waals surface area contributed by atoms with Crippen molar-refractivity contribution in [1.82, 2.24) is 16.0 Å². The van der Waals surface area contributed by atoms with Crippen molar-refractivity contribution in [2.75, 3.05) is 32.6 Å². The average molecular weight is 669 g/mol.